The Morgan fingerprint density at radius 1 is 1.13 bits per heavy atom. The minimum atomic E-state index is -1.14. The summed E-state index contributed by atoms with van der Waals surface area (Å²) in [5.41, 5.74) is 3.12. The van der Waals surface area contributed by atoms with Crippen LogP contribution < -0.4 is 0 Å². The maximum absolute atomic E-state index is 15.1. The molecule has 0 saturated carbocycles. The van der Waals surface area contributed by atoms with Crippen LogP contribution in [0.3, 0.4) is 0 Å². The number of amidine groups is 1. The molecule has 0 aromatic rings. The second-order valence-corrected chi connectivity index (χ2v) is 8.07. The minimum Gasteiger partial charge on any atom is -0.378 e. The maximum atomic E-state index is 15.1. The van der Waals surface area contributed by atoms with Gasteiger partial charge in [-0.05, 0) is 31.6 Å². The summed E-state index contributed by atoms with van der Waals surface area (Å²) in [6, 6.07) is 0. The summed E-state index contributed by atoms with van der Waals surface area (Å²) in [7, 11) is 0. The maximum Gasteiger partial charge on any atom is 0.153 e. The summed E-state index contributed by atoms with van der Waals surface area (Å²) in [4.78, 5) is 8.37. The molecular formula is C23H29F2N3O2. The Morgan fingerprint density at radius 2 is 1.93 bits per heavy atom. The zero-order chi connectivity index (χ0) is 21.1. The molecule has 5 nitrogen and oxygen atoms in total. The van der Waals surface area contributed by atoms with Crippen molar-refractivity contribution >= 4 is 5.84 Å². The number of ether oxygens (including phenoxy) is 1. The van der Waals surface area contributed by atoms with Gasteiger partial charge >= 0.3 is 0 Å². The van der Waals surface area contributed by atoms with E-state index in [1.54, 1.807) is 23.1 Å². The number of aliphatic imine (C=N–C) groups is 1. The van der Waals surface area contributed by atoms with Gasteiger partial charge in [0.2, 0.25) is 0 Å². The summed E-state index contributed by atoms with van der Waals surface area (Å²) in [5, 5.41) is 10.7. The molecule has 0 spiro atoms. The van der Waals surface area contributed by atoms with Gasteiger partial charge in [0.15, 0.2) is 6.23 Å². The quantitative estimate of drug-likeness (QED) is 0.740. The molecular weight excluding hydrogens is 388 g/mol. The van der Waals surface area contributed by atoms with Crippen LogP contribution in [0.1, 0.15) is 32.6 Å². The van der Waals surface area contributed by atoms with Gasteiger partial charge in [0.05, 0.1) is 13.2 Å². The number of alkyl halides is 2. The molecule has 2 aliphatic carbocycles. The van der Waals surface area contributed by atoms with Crippen molar-refractivity contribution in [2.24, 2.45) is 4.99 Å². The highest BCUT2D eigenvalue weighted by Crippen LogP contribution is 2.31. The zero-order valence-electron chi connectivity index (χ0n) is 17.3. The largest absolute Gasteiger partial charge is 0.378 e. The minimum absolute atomic E-state index is 0.185. The Balaban J connectivity index is 1.51. The predicted octanol–water partition coefficient (Wildman–Crippen LogP) is 3.77. The van der Waals surface area contributed by atoms with Crippen LogP contribution in [0.25, 0.3) is 0 Å². The van der Waals surface area contributed by atoms with Gasteiger partial charge in [-0.1, -0.05) is 23.8 Å². The summed E-state index contributed by atoms with van der Waals surface area (Å²) in [5.74, 6) is 0.690. The summed E-state index contributed by atoms with van der Waals surface area (Å²) >= 11 is 0. The van der Waals surface area contributed by atoms with Crippen LogP contribution in [0, 0.1) is 0 Å². The topological polar surface area (TPSA) is 48.3 Å². The van der Waals surface area contributed by atoms with Gasteiger partial charge in [0.1, 0.15) is 18.2 Å². The van der Waals surface area contributed by atoms with Crippen molar-refractivity contribution in [2.75, 3.05) is 26.3 Å². The van der Waals surface area contributed by atoms with E-state index in [1.165, 1.54) is 0 Å². The average Bonchev–Trinajstić information content (AvgIpc) is 2.72. The molecule has 3 unspecified atom stereocenters. The number of halogens is 2. The molecule has 1 saturated heterocycles. The summed E-state index contributed by atoms with van der Waals surface area (Å²) in [6.45, 7) is 4.43. The molecule has 30 heavy (non-hydrogen) atoms. The molecule has 0 amide bonds. The number of hydrogen-bond acceptors (Lipinski definition) is 5. The van der Waals surface area contributed by atoms with Crippen molar-refractivity contribution in [3.05, 3.63) is 59.1 Å². The van der Waals surface area contributed by atoms with E-state index in [0.717, 1.165) is 11.3 Å². The molecule has 0 aromatic carbocycles. The Kier molecular flexibility index (Phi) is 6.49. The first kappa shape index (κ1) is 21.0. The lowest BCUT2D eigenvalue weighted by Gasteiger charge is -2.38. The normalized spacial score (nSPS) is 29.7. The molecule has 0 aromatic heterocycles. The number of rotatable bonds is 5. The zero-order valence-corrected chi connectivity index (χ0v) is 17.3. The predicted molar refractivity (Wildman–Crippen MR) is 113 cm³/mol. The number of nitrogens with zero attached hydrogens (tertiary/aromatic N) is 3. The third-order valence-electron chi connectivity index (χ3n) is 5.86. The first-order valence-electron chi connectivity index (χ1n) is 10.6. The lowest BCUT2D eigenvalue weighted by molar-refractivity contribution is 0.0450. The highest BCUT2D eigenvalue weighted by atomic mass is 19.1. The SMILES string of the molecule is CC1=CC(O)N(C2=CC=C(N3CCOCC3)C(F)C2)C(CCC2=CC=CC(F)C2)=N1. The Morgan fingerprint density at radius 3 is 2.67 bits per heavy atom. The lowest BCUT2D eigenvalue weighted by atomic mass is 9.97. The fraction of sp³-hybridized carbons (Fsp3) is 0.522. The molecule has 2 heterocycles. The van der Waals surface area contributed by atoms with Gasteiger partial charge in [0, 0.05) is 49.4 Å². The number of allylic oxidation sites excluding steroid dienone is 9. The first-order chi connectivity index (χ1) is 14.5. The summed E-state index contributed by atoms with van der Waals surface area (Å²) in [6.07, 6.45) is 9.42. The van der Waals surface area contributed by atoms with E-state index in [1.807, 2.05) is 30.1 Å². The monoisotopic (exact) mass is 417 g/mol. The van der Waals surface area contributed by atoms with Crippen molar-refractivity contribution in [3.63, 3.8) is 0 Å². The van der Waals surface area contributed by atoms with E-state index in [9.17, 15) is 9.50 Å². The molecule has 0 radical (unpaired) electrons. The molecule has 0 bridgehead atoms. The van der Waals surface area contributed by atoms with Crippen molar-refractivity contribution in [1.82, 2.24) is 9.80 Å². The molecule has 1 N–H and O–H groups in total. The van der Waals surface area contributed by atoms with Crippen molar-refractivity contribution in [3.8, 4) is 0 Å². The number of morpholine rings is 1. The van der Waals surface area contributed by atoms with Crippen molar-refractivity contribution in [1.29, 1.82) is 0 Å². The van der Waals surface area contributed by atoms with Crippen LogP contribution in [0.5, 0.6) is 0 Å². The van der Waals surface area contributed by atoms with Crippen LogP contribution in [0.4, 0.5) is 8.78 Å². The number of hydrogen-bond donors (Lipinski definition) is 1. The Hall–Kier alpha value is -2.25. The molecule has 7 heteroatoms. The second kappa shape index (κ2) is 9.27. The fourth-order valence-electron chi connectivity index (χ4n) is 4.35. The first-order valence-corrected chi connectivity index (χ1v) is 10.6. The van der Waals surface area contributed by atoms with Gasteiger partial charge in [-0.15, -0.1) is 0 Å². The van der Waals surface area contributed by atoms with Crippen LogP contribution in [-0.2, 0) is 4.74 Å². The summed E-state index contributed by atoms with van der Waals surface area (Å²) < 4.78 is 34.1. The van der Waals surface area contributed by atoms with E-state index in [-0.39, 0.29) is 6.42 Å². The third kappa shape index (κ3) is 4.73. The molecule has 1 fully saturated rings. The number of aliphatic hydroxyl groups is 1. The van der Waals surface area contributed by atoms with Crippen molar-refractivity contribution < 1.29 is 18.6 Å². The molecule has 3 atom stereocenters. The standard InChI is InChI=1S/C23H29F2N3O2/c1-16-13-23(29)28(22(26-16)8-5-17-3-2-4-18(24)14-17)19-6-7-21(20(25)15-19)27-9-11-30-12-10-27/h2-4,6-7,13,18,20,23,29H,5,8-12,14-15H2,1H3. The van der Waals surface area contributed by atoms with Crippen LogP contribution in [0.2, 0.25) is 0 Å². The van der Waals surface area contributed by atoms with Gasteiger partial charge in [0.25, 0.3) is 0 Å². The smallest absolute Gasteiger partial charge is 0.153 e. The fourth-order valence-corrected chi connectivity index (χ4v) is 4.35. The highest BCUT2D eigenvalue weighted by molar-refractivity contribution is 5.86. The lowest BCUT2D eigenvalue weighted by Crippen LogP contribution is -2.43. The Bertz CT molecular complexity index is 837. The second-order valence-electron chi connectivity index (χ2n) is 8.07. The van der Waals surface area contributed by atoms with E-state index >= 15 is 4.39 Å². The number of aliphatic hydroxyl groups excluding tert-OH is 1. The molecule has 4 rings (SSSR count). The van der Waals surface area contributed by atoms with Gasteiger partial charge < -0.3 is 19.6 Å². The molecule has 2 aliphatic heterocycles. The van der Waals surface area contributed by atoms with Gasteiger partial charge in [-0.2, -0.15) is 0 Å². The van der Waals surface area contributed by atoms with Crippen LogP contribution >= 0.6 is 0 Å². The van der Waals surface area contributed by atoms with E-state index in [4.69, 9.17) is 4.74 Å². The average molecular weight is 418 g/mol. The van der Waals surface area contributed by atoms with E-state index in [0.29, 0.717) is 62.8 Å². The third-order valence-corrected chi connectivity index (χ3v) is 5.86. The van der Waals surface area contributed by atoms with E-state index < -0.39 is 18.6 Å². The van der Waals surface area contributed by atoms with Crippen molar-refractivity contribution in [2.45, 2.75) is 51.2 Å². The Labute approximate surface area is 176 Å². The van der Waals surface area contributed by atoms with Crippen LogP contribution in [-0.4, -0.2) is 65.6 Å². The van der Waals surface area contributed by atoms with Crippen LogP contribution in [0.15, 0.2) is 64.1 Å². The van der Waals surface area contributed by atoms with E-state index in [2.05, 4.69) is 4.99 Å². The highest BCUT2D eigenvalue weighted by Gasteiger charge is 2.32. The van der Waals surface area contributed by atoms with Gasteiger partial charge in [-0.25, -0.2) is 13.8 Å². The van der Waals surface area contributed by atoms with Gasteiger partial charge in [-0.3, -0.25) is 0 Å². The molecule has 4 aliphatic rings. The molecule has 162 valence electrons.